The lowest BCUT2D eigenvalue weighted by Gasteiger charge is -2.14. The summed E-state index contributed by atoms with van der Waals surface area (Å²) in [4.78, 5) is 11.7. The fourth-order valence-corrected chi connectivity index (χ4v) is 1.81. The van der Waals surface area contributed by atoms with Crippen molar-refractivity contribution in [3.63, 3.8) is 0 Å². The summed E-state index contributed by atoms with van der Waals surface area (Å²) in [5, 5.41) is 11.5. The molecule has 0 fully saturated rings. The average molecular weight is 260 g/mol. The summed E-state index contributed by atoms with van der Waals surface area (Å²) in [7, 11) is 0. The lowest BCUT2D eigenvalue weighted by atomic mass is 10.1. The van der Waals surface area contributed by atoms with E-state index in [0.29, 0.717) is 17.2 Å². The molecular weight excluding hydrogens is 240 g/mol. The fraction of sp³-hybridized carbons (Fsp3) is 0.467. The number of hydrogen-bond acceptors (Lipinski definition) is 3. The summed E-state index contributed by atoms with van der Waals surface area (Å²) in [6, 6.07) is 8.83. The molecule has 1 amide bonds. The van der Waals surface area contributed by atoms with Crippen LogP contribution in [0.4, 0.5) is 5.69 Å². The van der Waals surface area contributed by atoms with Crippen LogP contribution in [0.1, 0.15) is 32.8 Å². The van der Waals surface area contributed by atoms with Crippen molar-refractivity contribution in [1.29, 1.82) is 5.26 Å². The second-order valence-electron chi connectivity index (χ2n) is 4.99. The molecule has 0 aliphatic rings. The van der Waals surface area contributed by atoms with Crippen LogP contribution >= 0.6 is 0 Å². The first-order chi connectivity index (χ1) is 9.01. The molecule has 4 heteroatoms. The van der Waals surface area contributed by atoms with Gasteiger partial charge in [0.2, 0.25) is 5.91 Å². The van der Waals surface area contributed by atoms with Gasteiger partial charge >= 0.3 is 0 Å². The van der Waals surface area contributed by atoms with E-state index >= 15 is 0 Å². The van der Waals surface area contributed by atoms with Crippen molar-refractivity contribution in [2.45, 2.75) is 33.3 Å². The van der Waals surface area contributed by atoms with Gasteiger partial charge < -0.3 is 10.1 Å². The summed E-state index contributed by atoms with van der Waals surface area (Å²) >= 11 is 0. The number of anilines is 1. The second-order valence-corrected chi connectivity index (χ2v) is 4.99. The molecule has 1 aromatic rings. The van der Waals surface area contributed by atoms with Gasteiger partial charge in [-0.3, -0.25) is 4.79 Å². The monoisotopic (exact) mass is 260 g/mol. The number of benzene rings is 1. The van der Waals surface area contributed by atoms with E-state index in [9.17, 15) is 4.79 Å². The Morgan fingerprint density at radius 2 is 2.16 bits per heavy atom. The van der Waals surface area contributed by atoms with Crippen LogP contribution in [0.5, 0.6) is 0 Å². The Morgan fingerprint density at radius 3 is 2.79 bits per heavy atom. The standard InChI is InChI=1S/C15H20N2O2/c1-11(2)7-12(3)19-10-15(18)17-14-6-4-5-13(8-14)9-16/h4-6,8,11-12H,7,10H2,1-3H3,(H,17,18). The largest absolute Gasteiger partial charge is 0.369 e. The first-order valence-corrected chi connectivity index (χ1v) is 6.43. The van der Waals surface area contributed by atoms with Crippen LogP contribution in [0.3, 0.4) is 0 Å². The quantitative estimate of drug-likeness (QED) is 0.855. The molecule has 1 N–H and O–H groups in total. The first-order valence-electron chi connectivity index (χ1n) is 6.43. The Balaban J connectivity index is 2.41. The summed E-state index contributed by atoms with van der Waals surface area (Å²) in [5.41, 5.74) is 1.14. The Kier molecular flexibility index (Phi) is 6.04. The van der Waals surface area contributed by atoms with Gasteiger partial charge in [-0.05, 0) is 37.5 Å². The molecule has 4 nitrogen and oxygen atoms in total. The van der Waals surface area contributed by atoms with Gasteiger partial charge in [-0.25, -0.2) is 0 Å². The maximum absolute atomic E-state index is 11.7. The average Bonchev–Trinajstić information content (AvgIpc) is 2.36. The molecule has 0 bridgehead atoms. The Labute approximate surface area is 114 Å². The Morgan fingerprint density at radius 1 is 1.42 bits per heavy atom. The molecule has 19 heavy (non-hydrogen) atoms. The lowest BCUT2D eigenvalue weighted by molar-refractivity contribution is -0.122. The van der Waals surface area contributed by atoms with Crippen LogP contribution < -0.4 is 5.32 Å². The van der Waals surface area contributed by atoms with E-state index in [4.69, 9.17) is 10.00 Å². The Hall–Kier alpha value is -1.86. The molecule has 0 aromatic heterocycles. The van der Waals surface area contributed by atoms with E-state index < -0.39 is 0 Å². The highest BCUT2D eigenvalue weighted by Gasteiger charge is 2.09. The number of nitrogens with one attached hydrogen (secondary N) is 1. The van der Waals surface area contributed by atoms with Crippen molar-refractivity contribution >= 4 is 11.6 Å². The number of carbonyl (C=O) groups is 1. The summed E-state index contributed by atoms with van der Waals surface area (Å²) in [5.74, 6) is 0.344. The minimum absolute atomic E-state index is 0.0324. The summed E-state index contributed by atoms with van der Waals surface area (Å²) < 4.78 is 5.47. The van der Waals surface area contributed by atoms with E-state index in [1.165, 1.54) is 0 Å². The minimum atomic E-state index is -0.203. The van der Waals surface area contributed by atoms with E-state index in [0.717, 1.165) is 6.42 Å². The molecule has 1 unspecified atom stereocenters. The fourth-order valence-electron chi connectivity index (χ4n) is 1.81. The number of amides is 1. The van der Waals surface area contributed by atoms with Gasteiger partial charge in [-0.1, -0.05) is 19.9 Å². The van der Waals surface area contributed by atoms with Crippen LogP contribution in [0.15, 0.2) is 24.3 Å². The van der Waals surface area contributed by atoms with Crippen LogP contribution in [0, 0.1) is 17.2 Å². The van der Waals surface area contributed by atoms with E-state index in [1.54, 1.807) is 24.3 Å². The van der Waals surface area contributed by atoms with Gasteiger partial charge in [0.1, 0.15) is 6.61 Å². The SMILES string of the molecule is CC(C)CC(C)OCC(=O)Nc1cccc(C#N)c1. The van der Waals surface area contributed by atoms with E-state index in [-0.39, 0.29) is 18.6 Å². The third kappa shape index (κ3) is 6.03. The highest BCUT2D eigenvalue weighted by Crippen LogP contribution is 2.10. The maximum atomic E-state index is 11.7. The van der Waals surface area contributed by atoms with Crippen molar-refractivity contribution < 1.29 is 9.53 Å². The number of ether oxygens (including phenoxy) is 1. The van der Waals surface area contributed by atoms with Gasteiger partial charge in [0, 0.05) is 5.69 Å². The summed E-state index contributed by atoms with van der Waals surface area (Å²) in [6.45, 7) is 6.23. The zero-order valence-electron chi connectivity index (χ0n) is 11.6. The van der Waals surface area contributed by atoms with Gasteiger partial charge in [-0.2, -0.15) is 5.26 Å². The van der Waals surface area contributed by atoms with Gasteiger partial charge in [0.25, 0.3) is 0 Å². The number of hydrogen-bond donors (Lipinski definition) is 1. The van der Waals surface area contributed by atoms with Crippen molar-refractivity contribution in [2.24, 2.45) is 5.92 Å². The van der Waals surface area contributed by atoms with Crippen LogP contribution in [-0.2, 0) is 9.53 Å². The molecule has 0 aliphatic carbocycles. The molecule has 1 rings (SSSR count). The molecular formula is C15H20N2O2. The lowest BCUT2D eigenvalue weighted by Crippen LogP contribution is -2.22. The molecule has 102 valence electrons. The van der Waals surface area contributed by atoms with E-state index in [2.05, 4.69) is 19.2 Å². The van der Waals surface area contributed by atoms with Gasteiger partial charge in [0.15, 0.2) is 0 Å². The number of nitrogens with zero attached hydrogens (tertiary/aromatic N) is 1. The highest BCUT2D eigenvalue weighted by atomic mass is 16.5. The van der Waals surface area contributed by atoms with Crippen LogP contribution in [-0.4, -0.2) is 18.6 Å². The molecule has 0 heterocycles. The molecule has 1 atom stereocenters. The predicted molar refractivity (Wildman–Crippen MR) is 74.7 cm³/mol. The van der Waals surface area contributed by atoms with Gasteiger partial charge in [-0.15, -0.1) is 0 Å². The van der Waals surface area contributed by atoms with Gasteiger partial charge in [0.05, 0.1) is 17.7 Å². The molecule has 0 spiro atoms. The predicted octanol–water partition coefficient (Wildman–Crippen LogP) is 2.95. The molecule has 0 saturated carbocycles. The molecule has 1 aromatic carbocycles. The van der Waals surface area contributed by atoms with Crippen LogP contribution in [0.25, 0.3) is 0 Å². The smallest absolute Gasteiger partial charge is 0.250 e. The molecule has 0 saturated heterocycles. The zero-order chi connectivity index (χ0) is 14.3. The number of carbonyl (C=O) groups excluding carboxylic acids is 1. The topological polar surface area (TPSA) is 62.1 Å². The molecule has 0 aliphatic heterocycles. The van der Waals surface area contributed by atoms with Crippen molar-refractivity contribution in [3.05, 3.63) is 29.8 Å². The normalized spacial score (nSPS) is 11.9. The summed E-state index contributed by atoms with van der Waals surface area (Å²) in [6.07, 6.45) is 0.994. The second kappa shape index (κ2) is 7.55. The number of rotatable bonds is 6. The molecule has 0 radical (unpaired) electrons. The maximum Gasteiger partial charge on any atom is 0.250 e. The first kappa shape index (κ1) is 15.2. The third-order valence-corrected chi connectivity index (χ3v) is 2.58. The van der Waals surface area contributed by atoms with Crippen LogP contribution in [0.2, 0.25) is 0 Å². The third-order valence-electron chi connectivity index (χ3n) is 2.58. The number of nitriles is 1. The van der Waals surface area contributed by atoms with Crippen molar-refractivity contribution in [1.82, 2.24) is 0 Å². The van der Waals surface area contributed by atoms with E-state index in [1.807, 2.05) is 13.0 Å². The van der Waals surface area contributed by atoms with Crippen molar-refractivity contribution in [2.75, 3.05) is 11.9 Å². The zero-order valence-corrected chi connectivity index (χ0v) is 11.6. The minimum Gasteiger partial charge on any atom is -0.369 e. The van der Waals surface area contributed by atoms with Crippen molar-refractivity contribution in [3.8, 4) is 6.07 Å². The highest BCUT2D eigenvalue weighted by molar-refractivity contribution is 5.91. The Bertz CT molecular complexity index is 463.